The Morgan fingerprint density at radius 1 is 1.31 bits per heavy atom. The van der Waals surface area contributed by atoms with Gasteiger partial charge in [0.2, 0.25) is 0 Å². The number of nitrogens with one attached hydrogen (secondary N) is 1. The lowest BCUT2D eigenvalue weighted by atomic mass is 10.1. The quantitative estimate of drug-likeness (QED) is 0.921. The minimum atomic E-state index is 0.944. The van der Waals surface area contributed by atoms with E-state index in [4.69, 9.17) is 0 Å². The third-order valence-corrected chi connectivity index (χ3v) is 3.57. The molecule has 2 heterocycles. The van der Waals surface area contributed by atoms with E-state index in [1.807, 2.05) is 18.3 Å². The zero-order valence-electron chi connectivity index (χ0n) is 9.45. The van der Waals surface area contributed by atoms with Gasteiger partial charge in [0.25, 0.3) is 0 Å². The molecular formula is C12H18BrN3. The number of likely N-dealkylation sites (tertiary alicyclic amines) is 1. The van der Waals surface area contributed by atoms with Crippen LogP contribution in [-0.2, 0) is 0 Å². The van der Waals surface area contributed by atoms with Gasteiger partial charge in [-0.25, -0.2) is 4.98 Å². The number of hydrogen-bond donors (Lipinski definition) is 1. The van der Waals surface area contributed by atoms with Crippen LogP contribution in [0.4, 0.5) is 5.82 Å². The van der Waals surface area contributed by atoms with Crippen LogP contribution in [0.1, 0.15) is 19.3 Å². The maximum Gasteiger partial charge on any atom is 0.140 e. The highest BCUT2D eigenvalue weighted by atomic mass is 79.9. The standard InChI is InChI=1S/C12H18BrN3/c13-11-5-4-6-14-12(11)15-7-10-16-8-2-1-3-9-16/h4-6H,1-3,7-10H2,(H,14,15). The molecule has 16 heavy (non-hydrogen) atoms. The molecule has 0 unspecified atom stereocenters. The highest BCUT2D eigenvalue weighted by Gasteiger charge is 2.09. The summed E-state index contributed by atoms with van der Waals surface area (Å²) in [6, 6.07) is 3.94. The van der Waals surface area contributed by atoms with Crippen molar-refractivity contribution < 1.29 is 0 Å². The molecule has 88 valence electrons. The second-order valence-electron chi connectivity index (χ2n) is 4.16. The van der Waals surface area contributed by atoms with E-state index >= 15 is 0 Å². The van der Waals surface area contributed by atoms with Crippen molar-refractivity contribution in [1.82, 2.24) is 9.88 Å². The van der Waals surface area contributed by atoms with Gasteiger partial charge in [-0.05, 0) is 54.0 Å². The molecule has 0 spiro atoms. The smallest absolute Gasteiger partial charge is 0.140 e. The molecule has 0 atom stereocenters. The third kappa shape index (κ3) is 3.46. The summed E-state index contributed by atoms with van der Waals surface area (Å²) in [5, 5.41) is 3.36. The lowest BCUT2D eigenvalue weighted by Gasteiger charge is -2.26. The van der Waals surface area contributed by atoms with E-state index in [0.717, 1.165) is 23.4 Å². The fourth-order valence-electron chi connectivity index (χ4n) is 2.03. The van der Waals surface area contributed by atoms with Crippen LogP contribution in [-0.4, -0.2) is 36.1 Å². The van der Waals surface area contributed by atoms with Crippen LogP contribution in [0.2, 0.25) is 0 Å². The summed E-state index contributed by atoms with van der Waals surface area (Å²) in [6.45, 7) is 4.59. The van der Waals surface area contributed by atoms with Gasteiger partial charge in [-0.3, -0.25) is 0 Å². The highest BCUT2D eigenvalue weighted by Crippen LogP contribution is 2.17. The van der Waals surface area contributed by atoms with Crippen LogP contribution in [0.3, 0.4) is 0 Å². The van der Waals surface area contributed by atoms with Crippen molar-refractivity contribution in [3.05, 3.63) is 22.8 Å². The van der Waals surface area contributed by atoms with Crippen molar-refractivity contribution in [2.45, 2.75) is 19.3 Å². The molecule has 1 aromatic heterocycles. The van der Waals surface area contributed by atoms with E-state index in [1.165, 1.54) is 32.4 Å². The van der Waals surface area contributed by atoms with Crippen LogP contribution in [0.5, 0.6) is 0 Å². The molecule has 0 aromatic carbocycles. The number of anilines is 1. The van der Waals surface area contributed by atoms with Gasteiger partial charge < -0.3 is 10.2 Å². The van der Waals surface area contributed by atoms with E-state index in [-0.39, 0.29) is 0 Å². The predicted molar refractivity (Wildman–Crippen MR) is 70.7 cm³/mol. The van der Waals surface area contributed by atoms with Gasteiger partial charge in [-0.1, -0.05) is 6.42 Å². The first kappa shape index (κ1) is 11.9. The summed E-state index contributed by atoms with van der Waals surface area (Å²) in [4.78, 5) is 6.81. The first-order valence-electron chi connectivity index (χ1n) is 5.93. The van der Waals surface area contributed by atoms with Crippen LogP contribution >= 0.6 is 15.9 Å². The van der Waals surface area contributed by atoms with Crippen molar-refractivity contribution in [3.63, 3.8) is 0 Å². The van der Waals surface area contributed by atoms with Crippen molar-refractivity contribution >= 4 is 21.7 Å². The van der Waals surface area contributed by atoms with Gasteiger partial charge >= 0.3 is 0 Å². The SMILES string of the molecule is Brc1cccnc1NCCN1CCCCC1. The molecule has 0 saturated carbocycles. The zero-order chi connectivity index (χ0) is 11.2. The number of piperidine rings is 1. The first-order chi connectivity index (χ1) is 7.86. The van der Waals surface area contributed by atoms with Crippen LogP contribution in [0, 0.1) is 0 Å². The largest absolute Gasteiger partial charge is 0.368 e. The molecule has 0 radical (unpaired) electrons. The van der Waals surface area contributed by atoms with Crippen LogP contribution in [0.15, 0.2) is 22.8 Å². The molecule has 2 rings (SSSR count). The fourth-order valence-corrected chi connectivity index (χ4v) is 2.43. The molecule has 3 nitrogen and oxygen atoms in total. The maximum atomic E-state index is 4.28. The minimum Gasteiger partial charge on any atom is -0.368 e. The summed E-state index contributed by atoms with van der Waals surface area (Å²) in [5.41, 5.74) is 0. The predicted octanol–water partition coefficient (Wildman–Crippen LogP) is 2.74. The average molecular weight is 284 g/mol. The van der Waals surface area contributed by atoms with Gasteiger partial charge in [0.1, 0.15) is 5.82 Å². The number of halogens is 1. The van der Waals surface area contributed by atoms with E-state index in [0.29, 0.717) is 0 Å². The topological polar surface area (TPSA) is 28.2 Å². The number of pyridine rings is 1. The fraction of sp³-hybridized carbons (Fsp3) is 0.583. The normalized spacial score (nSPS) is 17.3. The lowest BCUT2D eigenvalue weighted by Crippen LogP contribution is -2.33. The molecule has 1 fully saturated rings. The average Bonchev–Trinajstić information content (AvgIpc) is 2.33. The van der Waals surface area contributed by atoms with Gasteiger partial charge in [0, 0.05) is 19.3 Å². The highest BCUT2D eigenvalue weighted by molar-refractivity contribution is 9.10. The Morgan fingerprint density at radius 2 is 2.12 bits per heavy atom. The summed E-state index contributed by atoms with van der Waals surface area (Å²) in [6.07, 6.45) is 5.92. The van der Waals surface area contributed by atoms with Crippen LogP contribution in [0.25, 0.3) is 0 Å². The second-order valence-corrected chi connectivity index (χ2v) is 5.02. The zero-order valence-corrected chi connectivity index (χ0v) is 11.0. The monoisotopic (exact) mass is 283 g/mol. The Labute approximate surface area is 105 Å². The maximum absolute atomic E-state index is 4.28. The molecule has 1 saturated heterocycles. The molecule has 1 aliphatic rings. The van der Waals surface area contributed by atoms with Crippen LogP contribution < -0.4 is 5.32 Å². The van der Waals surface area contributed by atoms with E-state index in [1.54, 1.807) is 0 Å². The first-order valence-corrected chi connectivity index (χ1v) is 6.72. The van der Waals surface area contributed by atoms with Gasteiger partial charge in [0.15, 0.2) is 0 Å². The third-order valence-electron chi connectivity index (χ3n) is 2.93. The van der Waals surface area contributed by atoms with Crippen molar-refractivity contribution in [1.29, 1.82) is 0 Å². The lowest BCUT2D eigenvalue weighted by molar-refractivity contribution is 0.237. The Bertz CT molecular complexity index is 324. The molecule has 0 amide bonds. The summed E-state index contributed by atoms with van der Waals surface area (Å²) >= 11 is 3.48. The molecule has 4 heteroatoms. The van der Waals surface area contributed by atoms with Crippen molar-refractivity contribution in [3.8, 4) is 0 Å². The van der Waals surface area contributed by atoms with Gasteiger partial charge in [0.05, 0.1) is 4.47 Å². The Kier molecular flexibility index (Phi) is 4.60. The van der Waals surface area contributed by atoms with E-state index in [2.05, 4.69) is 31.1 Å². The molecule has 1 aromatic rings. The van der Waals surface area contributed by atoms with Crippen molar-refractivity contribution in [2.24, 2.45) is 0 Å². The van der Waals surface area contributed by atoms with Gasteiger partial charge in [-0.15, -0.1) is 0 Å². The number of hydrogen-bond acceptors (Lipinski definition) is 3. The number of aromatic nitrogens is 1. The molecule has 0 aliphatic carbocycles. The Morgan fingerprint density at radius 3 is 2.88 bits per heavy atom. The van der Waals surface area contributed by atoms with Crippen molar-refractivity contribution in [2.75, 3.05) is 31.5 Å². The summed E-state index contributed by atoms with van der Waals surface area (Å²) < 4.78 is 1.04. The van der Waals surface area contributed by atoms with Gasteiger partial charge in [-0.2, -0.15) is 0 Å². The van der Waals surface area contributed by atoms with E-state index < -0.39 is 0 Å². The molecule has 1 N–H and O–H groups in total. The molecule has 0 bridgehead atoms. The number of rotatable bonds is 4. The minimum absolute atomic E-state index is 0.944. The summed E-state index contributed by atoms with van der Waals surface area (Å²) in [7, 11) is 0. The second kappa shape index (κ2) is 6.21. The number of nitrogens with zero attached hydrogens (tertiary/aromatic N) is 2. The Balaban J connectivity index is 1.73. The van der Waals surface area contributed by atoms with E-state index in [9.17, 15) is 0 Å². The molecular weight excluding hydrogens is 266 g/mol. The summed E-state index contributed by atoms with van der Waals surface area (Å²) in [5.74, 6) is 0.944. The Hall–Kier alpha value is -0.610. The molecule has 1 aliphatic heterocycles.